The Bertz CT molecular complexity index is 718. The highest BCUT2D eigenvalue weighted by Crippen LogP contribution is 2.20. The van der Waals surface area contributed by atoms with E-state index in [9.17, 15) is 15.2 Å². The van der Waals surface area contributed by atoms with Crippen molar-refractivity contribution in [2.45, 2.75) is 19.8 Å². The van der Waals surface area contributed by atoms with Gasteiger partial charge < -0.3 is 15.1 Å². The normalized spacial score (nSPS) is 16.0. The van der Waals surface area contributed by atoms with Crippen LogP contribution in [0.2, 0.25) is 0 Å². The molecule has 0 saturated carbocycles. The lowest BCUT2D eigenvalue weighted by Gasteiger charge is -2.24. The maximum Gasteiger partial charge on any atom is 0.318 e. The zero-order valence-corrected chi connectivity index (χ0v) is 12.0. The van der Waals surface area contributed by atoms with Crippen molar-refractivity contribution >= 4 is 11.5 Å². The molecule has 2 aromatic heterocycles. The summed E-state index contributed by atoms with van der Waals surface area (Å²) in [4.78, 5) is 28.7. The summed E-state index contributed by atoms with van der Waals surface area (Å²) in [5.74, 6) is 0.612. The molecule has 0 aromatic carbocycles. The zero-order valence-electron chi connectivity index (χ0n) is 12.0. The third kappa shape index (κ3) is 2.69. The van der Waals surface area contributed by atoms with E-state index in [0.29, 0.717) is 31.8 Å². The van der Waals surface area contributed by atoms with Crippen molar-refractivity contribution in [3.63, 3.8) is 0 Å². The molecule has 2 aromatic rings. The molecule has 116 valence electrons. The Balaban J connectivity index is 1.98. The smallest absolute Gasteiger partial charge is 0.318 e. The molecule has 3 rings (SSSR count). The van der Waals surface area contributed by atoms with Crippen molar-refractivity contribution in [1.82, 2.24) is 19.9 Å². The quantitative estimate of drug-likeness (QED) is 0.600. The monoisotopic (exact) mass is 304 g/mol. The molecule has 9 heteroatoms. The second-order valence-corrected chi connectivity index (χ2v) is 5.14. The number of aryl methyl sites for hydroxylation is 1. The molecule has 0 saturated heterocycles. The molecular weight excluding hydrogens is 288 g/mol. The molecule has 0 amide bonds. The molecule has 22 heavy (non-hydrogen) atoms. The van der Waals surface area contributed by atoms with E-state index in [0.717, 1.165) is 11.3 Å². The van der Waals surface area contributed by atoms with Gasteiger partial charge in [0.1, 0.15) is 12.2 Å². The topological polar surface area (TPSA) is 122 Å². The number of nitrogens with zero attached hydrogens (tertiary/aromatic N) is 4. The maximum atomic E-state index is 11.9. The Hall–Kier alpha value is -2.36. The number of H-pyrrole nitrogens is 1. The average Bonchev–Trinajstić information content (AvgIpc) is 2.68. The number of aromatic nitrogens is 4. The van der Waals surface area contributed by atoms with E-state index in [1.807, 2.05) is 4.90 Å². The van der Waals surface area contributed by atoms with Gasteiger partial charge in [0.05, 0.1) is 0 Å². The summed E-state index contributed by atoms with van der Waals surface area (Å²) < 4.78 is 0. The number of hydrogen-bond donors (Lipinski definition) is 3. The van der Waals surface area contributed by atoms with Crippen molar-refractivity contribution in [3.05, 3.63) is 45.2 Å². The lowest BCUT2D eigenvalue weighted by atomic mass is 10.1. The van der Waals surface area contributed by atoms with Gasteiger partial charge in [-0.2, -0.15) is 5.23 Å². The molecule has 0 radical (unpaired) electrons. The van der Waals surface area contributed by atoms with Gasteiger partial charge in [-0.05, 0) is 18.9 Å². The SMILES string of the molecule is Cc1nc(N2CCc3cncnc3CC2)c([NH+]([O-])O)c(=O)[nH]1. The minimum Gasteiger partial charge on any atom is -0.595 e. The molecular formula is C13H16N6O3. The maximum absolute atomic E-state index is 11.9. The number of quaternary nitrogens is 1. The molecule has 0 bridgehead atoms. The largest absolute Gasteiger partial charge is 0.595 e. The molecule has 1 atom stereocenters. The van der Waals surface area contributed by atoms with Crippen LogP contribution in [0.3, 0.4) is 0 Å². The van der Waals surface area contributed by atoms with E-state index >= 15 is 0 Å². The first-order valence-electron chi connectivity index (χ1n) is 6.93. The van der Waals surface area contributed by atoms with Gasteiger partial charge in [0.2, 0.25) is 5.82 Å². The Morgan fingerprint density at radius 1 is 1.41 bits per heavy atom. The van der Waals surface area contributed by atoms with Gasteiger partial charge in [0.25, 0.3) is 5.69 Å². The summed E-state index contributed by atoms with van der Waals surface area (Å²) in [7, 11) is 0. The lowest BCUT2D eigenvalue weighted by molar-refractivity contribution is -0.991. The van der Waals surface area contributed by atoms with Crippen molar-refractivity contribution in [2.75, 3.05) is 18.0 Å². The summed E-state index contributed by atoms with van der Waals surface area (Å²) in [6.07, 6.45) is 4.63. The van der Waals surface area contributed by atoms with E-state index in [4.69, 9.17) is 0 Å². The van der Waals surface area contributed by atoms with Gasteiger partial charge in [-0.3, -0.25) is 4.79 Å². The summed E-state index contributed by atoms with van der Waals surface area (Å²) in [6, 6.07) is 0. The van der Waals surface area contributed by atoms with E-state index < -0.39 is 10.8 Å². The predicted octanol–water partition coefficient (Wildman–Crippen LogP) is -1.12. The first-order chi connectivity index (χ1) is 10.6. The molecule has 0 spiro atoms. The Morgan fingerprint density at radius 3 is 2.95 bits per heavy atom. The van der Waals surface area contributed by atoms with Crippen LogP contribution >= 0.6 is 0 Å². The second kappa shape index (κ2) is 5.79. The van der Waals surface area contributed by atoms with Crippen LogP contribution in [0.25, 0.3) is 0 Å². The van der Waals surface area contributed by atoms with Crippen molar-refractivity contribution in [1.29, 1.82) is 0 Å². The standard InChI is InChI=1S/C13H16N6O3/c1-8-16-12(11(19(21)22)13(20)17-8)18-4-2-9-6-14-7-15-10(9)3-5-18/h6-7,19,21H,2-5H2,1H3,(H,16,17,20). The number of rotatable bonds is 2. The highest BCUT2D eigenvalue weighted by Gasteiger charge is 2.24. The molecule has 9 nitrogen and oxygen atoms in total. The first-order valence-corrected chi connectivity index (χ1v) is 6.93. The number of fused-ring (bicyclic) bond motifs is 1. The lowest BCUT2D eigenvalue weighted by Crippen LogP contribution is -3.00. The molecule has 3 N–H and O–H groups in total. The van der Waals surface area contributed by atoms with Gasteiger partial charge >= 0.3 is 5.56 Å². The van der Waals surface area contributed by atoms with Crippen LogP contribution in [-0.4, -0.2) is 38.2 Å². The Kier molecular flexibility index (Phi) is 3.84. The Morgan fingerprint density at radius 2 is 2.18 bits per heavy atom. The van der Waals surface area contributed by atoms with Gasteiger partial charge in [-0.1, -0.05) is 0 Å². The third-order valence-corrected chi connectivity index (χ3v) is 3.68. The van der Waals surface area contributed by atoms with Gasteiger partial charge in [0, 0.05) is 31.4 Å². The van der Waals surface area contributed by atoms with Crippen LogP contribution in [0.15, 0.2) is 17.3 Å². The fraction of sp³-hybridized carbons (Fsp3) is 0.385. The van der Waals surface area contributed by atoms with E-state index in [2.05, 4.69) is 19.9 Å². The van der Waals surface area contributed by atoms with Crippen molar-refractivity contribution in [2.24, 2.45) is 0 Å². The molecule has 1 unspecified atom stereocenters. The zero-order chi connectivity index (χ0) is 15.7. The summed E-state index contributed by atoms with van der Waals surface area (Å²) in [6.45, 7) is 2.76. The predicted molar refractivity (Wildman–Crippen MR) is 77.0 cm³/mol. The summed E-state index contributed by atoms with van der Waals surface area (Å²) >= 11 is 0. The van der Waals surface area contributed by atoms with E-state index in [-0.39, 0.29) is 11.5 Å². The fourth-order valence-electron chi connectivity index (χ4n) is 2.63. The highest BCUT2D eigenvalue weighted by atomic mass is 16.8. The van der Waals surface area contributed by atoms with Gasteiger partial charge in [-0.15, -0.1) is 0 Å². The second-order valence-electron chi connectivity index (χ2n) is 5.14. The third-order valence-electron chi connectivity index (χ3n) is 3.68. The molecule has 0 aliphatic carbocycles. The summed E-state index contributed by atoms with van der Waals surface area (Å²) in [5.41, 5.74) is 1.05. The number of nitrogens with one attached hydrogen (secondary N) is 2. The highest BCUT2D eigenvalue weighted by molar-refractivity contribution is 5.56. The van der Waals surface area contributed by atoms with E-state index in [1.165, 1.54) is 6.33 Å². The Labute approximate surface area is 125 Å². The number of aromatic amines is 1. The van der Waals surface area contributed by atoms with E-state index in [1.54, 1.807) is 13.1 Å². The summed E-state index contributed by atoms with van der Waals surface area (Å²) in [5, 5.41) is 19.4. The molecule has 0 fully saturated rings. The van der Waals surface area contributed by atoms with Gasteiger partial charge in [-0.25, -0.2) is 20.2 Å². The van der Waals surface area contributed by atoms with Gasteiger partial charge in [0.15, 0.2) is 0 Å². The van der Waals surface area contributed by atoms with Crippen molar-refractivity contribution in [3.8, 4) is 0 Å². The fourth-order valence-corrected chi connectivity index (χ4v) is 2.63. The molecule has 1 aliphatic heterocycles. The van der Waals surface area contributed by atoms with Crippen LogP contribution in [0, 0.1) is 12.1 Å². The van der Waals surface area contributed by atoms with Crippen molar-refractivity contribution < 1.29 is 10.4 Å². The minimum absolute atomic E-state index is 0.217. The molecule has 1 aliphatic rings. The van der Waals surface area contributed by atoms with Crippen LogP contribution in [0.4, 0.5) is 11.5 Å². The van der Waals surface area contributed by atoms with Crippen LogP contribution in [-0.2, 0) is 12.8 Å². The number of hydrogen-bond acceptors (Lipinski definition) is 7. The molecule has 3 heterocycles. The average molecular weight is 304 g/mol. The van der Waals surface area contributed by atoms with Crippen LogP contribution < -0.4 is 15.7 Å². The van der Waals surface area contributed by atoms with Crippen LogP contribution in [0.5, 0.6) is 0 Å². The van der Waals surface area contributed by atoms with Crippen LogP contribution in [0.1, 0.15) is 17.1 Å². The minimum atomic E-state index is -1.27. The number of anilines is 1. The first kappa shape index (κ1) is 14.6.